The van der Waals surface area contributed by atoms with Gasteiger partial charge in [-0.3, -0.25) is 4.98 Å². The van der Waals surface area contributed by atoms with Gasteiger partial charge in [0.15, 0.2) is 5.82 Å². The van der Waals surface area contributed by atoms with E-state index in [2.05, 4.69) is 4.98 Å². The quantitative estimate of drug-likeness (QED) is 0.750. The molecule has 0 aliphatic rings. The summed E-state index contributed by atoms with van der Waals surface area (Å²) in [5, 5.41) is 0. The SMILES string of the molecule is Cc1cnccc1-c1ccc(F)c(N)c1F. The lowest BCUT2D eigenvalue weighted by Gasteiger charge is -2.08. The molecule has 0 unspecified atom stereocenters. The van der Waals surface area contributed by atoms with E-state index in [4.69, 9.17) is 5.73 Å². The molecule has 4 heteroatoms. The lowest BCUT2D eigenvalue weighted by atomic mass is 10.0. The topological polar surface area (TPSA) is 38.9 Å². The zero-order valence-electron chi connectivity index (χ0n) is 8.67. The Hall–Kier alpha value is -1.97. The number of hydrogen-bond donors (Lipinski definition) is 1. The summed E-state index contributed by atoms with van der Waals surface area (Å²) in [5.74, 6) is -1.47. The molecule has 2 aromatic rings. The maximum absolute atomic E-state index is 13.7. The van der Waals surface area contributed by atoms with Crippen LogP contribution >= 0.6 is 0 Å². The largest absolute Gasteiger partial charge is 0.394 e. The molecule has 1 heterocycles. The first-order valence-corrected chi connectivity index (χ1v) is 4.75. The Labute approximate surface area is 91.7 Å². The molecule has 0 aliphatic heterocycles. The first-order chi connectivity index (χ1) is 7.61. The number of benzene rings is 1. The van der Waals surface area contributed by atoms with Gasteiger partial charge in [0.1, 0.15) is 11.5 Å². The summed E-state index contributed by atoms with van der Waals surface area (Å²) in [4.78, 5) is 3.91. The molecule has 2 N–H and O–H groups in total. The van der Waals surface area contributed by atoms with Gasteiger partial charge in [-0.1, -0.05) is 0 Å². The monoisotopic (exact) mass is 220 g/mol. The second-order valence-corrected chi connectivity index (χ2v) is 3.51. The van der Waals surface area contributed by atoms with Crippen molar-refractivity contribution in [2.45, 2.75) is 6.92 Å². The molecule has 1 aromatic carbocycles. The van der Waals surface area contributed by atoms with Crippen molar-refractivity contribution >= 4 is 5.69 Å². The number of nitrogens with two attached hydrogens (primary N) is 1. The van der Waals surface area contributed by atoms with Crippen molar-refractivity contribution < 1.29 is 8.78 Å². The lowest BCUT2D eigenvalue weighted by molar-refractivity contribution is 0.594. The van der Waals surface area contributed by atoms with Crippen LogP contribution in [0.4, 0.5) is 14.5 Å². The zero-order chi connectivity index (χ0) is 11.7. The maximum atomic E-state index is 13.7. The van der Waals surface area contributed by atoms with Crippen LogP contribution in [0, 0.1) is 18.6 Å². The lowest BCUT2D eigenvalue weighted by Crippen LogP contribution is -1.98. The highest BCUT2D eigenvalue weighted by molar-refractivity contribution is 5.70. The Morgan fingerprint density at radius 2 is 1.88 bits per heavy atom. The smallest absolute Gasteiger partial charge is 0.156 e. The third-order valence-corrected chi connectivity index (χ3v) is 2.44. The van der Waals surface area contributed by atoms with Gasteiger partial charge in [0.25, 0.3) is 0 Å². The first-order valence-electron chi connectivity index (χ1n) is 4.75. The number of hydrogen-bond acceptors (Lipinski definition) is 2. The number of rotatable bonds is 1. The molecule has 2 rings (SSSR count). The van der Waals surface area contributed by atoms with E-state index in [9.17, 15) is 8.78 Å². The molecule has 0 fully saturated rings. The fourth-order valence-corrected chi connectivity index (χ4v) is 1.55. The second kappa shape index (κ2) is 3.89. The van der Waals surface area contributed by atoms with Crippen molar-refractivity contribution in [3.05, 3.63) is 47.8 Å². The predicted molar refractivity (Wildman–Crippen MR) is 58.7 cm³/mol. The minimum Gasteiger partial charge on any atom is -0.394 e. The van der Waals surface area contributed by atoms with Gasteiger partial charge in [-0.05, 0) is 36.2 Å². The first kappa shape index (κ1) is 10.5. The maximum Gasteiger partial charge on any atom is 0.156 e. The van der Waals surface area contributed by atoms with Gasteiger partial charge in [-0.25, -0.2) is 8.78 Å². The molecule has 2 nitrogen and oxygen atoms in total. The molecule has 0 spiro atoms. The summed E-state index contributed by atoms with van der Waals surface area (Å²) in [6.45, 7) is 1.81. The van der Waals surface area contributed by atoms with E-state index in [0.29, 0.717) is 11.1 Å². The van der Waals surface area contributed by atoms with Crippen molar-refractivity contribution in [1.29, 1.82) is 0 Å². The van der Waals surface area contributed by atoms with Gasteiger partial charge >= 0.3 is 0 Å². The summed E-state index contributed by atoms with van der Waals surface area (Å²) in [6.07, 6.45) is 3.18. The van der Waals surface area contributed by atoms with Gasteiger partial charge in [0, 0.05) is 18.0 Å². The summed E-state index contributed by atoms with van der Waals surface area (Å²) in [6, 6.07) is 4.21. The van der Waals surface area contributed by atoms with E-state index in [-0.39, 0.29) is 0 Å². The number of aromatic nitrogens is 1. The van der Waals surface area contributed by atoms with Crippen LogP contribution in [0.3, 0.4) is 0 Å². The van der Waals surface area contributed by atoms with Crippen LogP contribution in [0.25, 0.3) is 11.1 Å². The van der Waals surface area contributed by atoms with E-state index >= 15 is 0 Å². The standard InChI is InChI=1S/C12H10F2N2/c1-7-6-16-5-4-8(7)9-2-3-10(13)12(15)11(9)14/h2-6H,15H2,1H3. The van der Waals surface area contributed by atoms with E-state index in [1.165, 1.54) is 6.07 Å². The average molecular weight is 220 g/mol. The molecule has 0 aliphatic carbocycles. The second-order valence-electron chi connectivity index (χ2n) is 3.51. The Balaban J connectivity index is 2.66. The van der Waals surface area contributed by atoms with E-state index in [1.807, 2.05) is 0 Å². The van der Waals surface area contributed by atoms with Crippen molar-refractivity contribution in [3.8, 4) is 11.1 Å². The molecule has 82 valence electrons. The normalized spacial score (nSPS) is 10.4. The van der Waals surface area contributed by atoms with E-state index < -0.39 is 17.3 Å². The summed E-state index contributed by atoms with van der Waals surface area (Å²) < 4.78 is 26.7. The van der Waals surface area contributed by atoms with Gasteiger partial charge in [-0.15, -0.1) is 0 Å². The molecule has 0 amide bonds. The highest BCUT2D eigenvalue weighted by Crippen LogP contribution is 2.29. The van der Waals surface area contributed by atoms with Gasteiger partial charge in [-0.2, -0.15) is 0 Å². The van der Waals surface area contributed by atoms with Gasteiger partial charge in [0.2, 0.25) is 0 Å². The molecular weight excluding hydrogens is 210 g/mol. The summed E-state index contributed by atoms with van der Waals surface area (Å²) >= 11 is 0. The van der Waals surface area contributed by atoms with Crippen LogP contribution in [-0.4, -0.2) is 4.98 Å². The summed E-state index contributed by atoms with van der Waals surface area (Å²) in [5.41, 5.74) is 6.62. The number of halogens is 2. The molecule has 0 saturated heterocycles. The Kier molecular flexibility index (Phi) is 2.56. The summed E-state index contributed by atoms with van der Waals surface area (Å²) in [7, 11) is 0. The van der Waals surface area contributed by atoms with Crippen LogP contribution in [-0.2, 0) is 0 Å². The Morgan fingerprint density at radius 3 is 2.56 bits per heavy atom. The fraction of sp³-hybridized carbons (Fsp3) is 0.0833. The van der Waals surface area contributed by atoms with Crippen molar-refractivity contribution in [2.75, 3.05) is 5.73 Å². The molecular formula is C12H10F2N2. The molecule has 0 radical (unpaired) electrons. The third-order valence-electron chi connectivity index (χ3n) is 2.44. The number of pyridine rings is 1. The molecule has 16 heavy (non-hydrogen) atoms. The Bertz CT molecular complexity index is 539. The van der Waals surface area contributed by atoms with Crippen LogP contribution in [0.2, 0.25) is 0 Å². The van der Waals surface area contributed by atoms with Crippen molar-refractivity contribution in [2.24, 2.45) is 0 Å². The number of nitrogens with zero attached hydrogens (tertiary/aromatic N) is 1. The highest BCUT2D eigenvalue weighted by Gasteiger charge is 2.13. The molecule has 0 saturated carbocycles. The van der Waals surface area contributed by atoms with Crippen LogP contribution < -0.4 is 5.73 Å². The number of anilines is 1. The predicted octanol–water partition coefficient (Wildman–Crippen LogP) is 2.92. The van der Waals surface area contributed by atoms with E-state index in [0.717, 1.165) is 11.6 Å². The Morgan fingerprint density at radius 1 is 1.12 bits per heavy atom. The van der Waals surface area contributed by atoms with Crippen LogP contribution in [0.5, 0.6) is 0 Å². The van der Waals surface area contributed by atoms with Gasteiger partial charge < -0.3 is 5.73 Å². The van der Waals surface area contributed by atoms with Crippen LogP contribution in [0.15, 0.2) is 30.6 Å². The minimum absolute atomic E-state index is 0.291. The van der Waals surface area contributed by atoms with Crippen molar-refractivity contribution in [3.63, 3.8) is 0 Å². The van der Waals surface area contributed by atoms with Crippen LogP contribution in [0.1, 0.15) is 5.56 Å². The average Bonchev–Trinajstić information content (AvgIpc) is 2.28. The molecule has 0 bridgehead atoms. The van der Waals surface area contributed by atoms with E-state index in [1.54, 1.807) is 25.4 Å². The minimum atomic E-state index is -0.743. The number of nitrogen functional groups attached to an aromatic ring is 1. The zero-order valence-corrected chi connectivity index (χ0v) is 8.67. The fourth-order valence-electron chi connectivity index (χ4n) is 1.55. The number of aryl methyl sites for hydroxylation is 1. The van der Waals surface area contributed by atoms with Crippen molar-refractivity contribution in [1.82, 2.24) is 4.98 Å². The van der Waals surface area contributed by atoms with Gasteiger partial charge in [0.05, 0.1) is 0 Å². The molecule has 1 aromatic heterocycles. The third kappa shape index (κ3) is 1.62. The highest BCUT2D eigenvalue weighted by atomic mass is 19.1. The molecule has 0 atom stereocenters.